The first-order valence-corrected chi connectivity index (χ1v) is 10.7. The largest absolute Gasteiger partial charge is 0.322 e. The smallest absolute Gasteiger partial charge is 0.255 e. The summed E-state index contributed by atoms with van der Waals surface area (Å²) < 4.78 is 27.6. The molecular formula is C21H23N3O3S. The van der Waals surface area contributed by atoms with Crippen molar-refractivity contribution in [1.82, 2.24) is 4.31 Å². The molecule has 2 aromatic rings. The van der Waals surface area contributed by atoms with Crippen LogP contribution in [0.5, 0.6) is 0 Å². The second-order valence-electron chi connectivity index (χ2n) is 7.44. The lowest BCUT2D eigenvalue weighted by molar-refractivity contribution is 0.102. The molecule has 1 saturated heterocycles. The number of hydrogen-bond acceptors (Lipinski definition) is 4. The molecule has 2 atom stereocenters. The summed E-state index contributed by atoms with van der Waals surface area (Å²) in [4.78, 5) is 12.7. The summed E-state index contributed by atoms with van der Waals surface area (Å²) in [6.07, 6.45) is 1.01. The van der Waals surface area contributed by atoms with Crippen LogP contribution in [-0.2, 0) is 10.0 Å². The van der Waals surface area contributed by atoms with Crippen LogP contribution in [0.3, 0.4) is 0 Å². The molecule has 1 aliphatic rings. The van der Waals surface area contributed by atoms with Crippen LogP contribution >= 0.6 is 0 Å². The minimum Gasteiger partial charge on any atom is -0.322 e. The number of nitrogens with zero attached hydrogens (tertiary/aromatic N) is 2. The molecule has 146 valence electrons. The van der Waals surface area contributed by atoms with Crippen molar-refractivity contribution in [2.45, 2.75) is 25.2 Å². The van der Waals surface area contributed by atoms with Crippen molar-refractivity contribution in [3.63, 3.8) is 0 Å². The number of carbonyl (C=O) groups excluding carboxylic acids is 1. The molecule has 1 heterocycles. The normalized spacial score (nSPS) is 20.3. The molecule has 1 N–H and O–H groups in total. The minimum absolute atomic E-state index is 0.118. The van der Waals surface area contributed by atoms with E-state index in [2.05, 4.69) is 19.2 Å². The zero-order valence-corrected chi connectivity index (χ0v) is 16.7. The van der Waals surface area contributed by atoms with E-state index in [1.165, 1.54) is 16.4 Å². The number of hydrogen-bond donors (Lipinski definition) is 1. The zero-order valence-electron chi connectivity index (χ0n) is 15.9. The van der Waals surface area contributed by atoms with Gasteiger partial charge in [-0.15, -0.1) is 0 Å². The van der Waals surface area contributed by atoms with Crippen LogP contribution in [0.1, 0.15) is 36.2 Å². The van der Waals surface area contributed by atoms with Crippen molar-refractivity contribution in [3.05, 3.63) is 59.7 Å². The van der Waals surface area contributed by atoms with Crippen LogP contribution < -0.4 is 5.32 Å². The Labute approximate surface area is 165 Å². The first-order valence-electron chi connectivity index (χ1n) is 9.21. The van der Waals surface area contributed by atoms with Crippen molar-refractivity contribution in [1.29, 1.82) is 5.26 Å². The van der Waals surface area contributed by atoms with Crippen LogP contribution in [0.25, 0.3) is 0 Å². The van der Waals surface area contributed by atoms with Gasteiger partial charge in [0.2, 0.25) is 10.0 Å². The molecule has 0 radical (unpaired) electrons. The highest BCUT2D eigenvalue weighted by molar-refractivity contribution is 7.89. The summed E-state index contributed by atoms with van der Waals surface area (Å²) in [5.74, 6) is 0.183. The summed E-state index contributed by atoms with van der Waals surface area (Å²) in [7, 11) is -3.66. The lowest BCUT2D eigenvalue weighted by Crippen LogP contribution is -2.42. The molecule has 3 rings (SSSR count). The van der Waals surface area contributed by atoms with Gasteiger partial charge in [-0.05, 0) is 54.7 Å². The number of piperidine rings is 1. The molecule has 0 saturated carbocycles. The van der Waals surface area contributed by atoms with Crippen molar-refractivity contribution in [2.75, 3.05) is 18.4 Å². The van der Waals surface area contributed by atoms with Gasteiger partial charge in [0.05, 0.1) is 16.5 Å². The van der Waals surface area contributed by atoms with Gasteiger partial charge >= 0.3 is 0 Å². The minimum atomic E-state index is -3.66. The van der Waals surface area contributed by atoms with E-state index in [-0.39, 0.29) is 10.5 Å². The number of benzene rings is 2. The molecule has 0 aliphatic carbocycles. The van der Waals surface area contributed by atoms with Gasteiger partial charge in [-0.3, -0.25) is 4.79 Å². The Kier molecular flexibility index (Phi) is 5.82. The summed E-state index contributed by atoms with van der Waals surface area (Å²) in [6, 6.07) is 14.6. The number of anilines is 1. The predicted octanol–water partition coefficient (Wildman–Crippen LogP) is 3.48. The lowest BCUT2D eigenvalue weighted by atomic mass is 9.94. The SMILES string of the molecule is C[C@@H]1C[C@@H](C)CN(S(=O)(=O)c2cccc(C(=O)Nc3cccc(C#N)c3)c2)C1. The van der Waals surface area contributed by atoms with Crippen LogP contribution in [0.2, 0.25) is 0 Å². The Morgan fingerprint density at radius 3 is 2.46 bits per heavy atom. The molecule has 0 aromatic heterocycles. The average molecular weight is 398 g/mol. The number of nitrogens with one attached hydrogen (secondary N) is 1. The third-order valence-electron chi connectivity index (χ3n) is 4.82. The molecule has 6 nitrogen and oxygen atoms in total. The maximum Gasteiger partial charge on any atom is 0.255 e. The first kappa shape index (κ1) is 20.1. The Bertz CT molecular complexity index is 1020. The van der Waals surface area contributed by atoms with E-state index in [0.717, 1.165) is 6.42 Å². The zero-order chi connectivity index (χ0) is 20.3. The predicted molar refractivity (Wildman–Crippen MR) is 107 cm³/mol. The summed E-state index contributed by atoms with van der Waals surface area (Å²) in [6.45, 7) is 5.09. The molecule has 7 heteroatoms. The lowest BCUT2D eigenvalue weighted by Gasteiger charge is -2.34. The van der Waals surface area contributed by atoms with Gasteiger partial charge in [0.25, 0.3) is 5.91 Å². The molecule has 0 bridgehead atoms. The summed E-state index contributed by atoms with van der Waals surface area (Å²) in [5, 5.41) is 11.7. The third-order valence-corrected chi connectivity index (χ3v) is 6.65. The topological polar surface area (TPSA) is 90.3 Å². The second-order valence-corrected chi connectivity index (χ2v) is 9.38. The van der Waals surface area contributed by atoms with Crippen LogP contribution in [0, 0.1) is 23.2 Å². The molecular weight excluding hydrogens is 374 g/mol. The Morgan fingerprint density at radius 2 is 1.79 bits per heavy atom. The van der Waals surface area contributed by atoms with Crippen molar-refractivity contribution < 1.29 is 13.2 Å². The third kappa shape index (κ3) is 4.41. The van der Waals surface area contributed by atoms with Crippen molar-refractivity contribution in [3.8, 4) is 6.07 Å². The highest BCUT2D eigenvalue weighted by atomic mass is 32.2. The Morgan fingerprint density at radius 1 is 1.11 bits per heavy atom. The van der Waals surface area contributed by atoms with Gasteiger partial charge in [-0.25, -0.2) is 8.42 Å². The fraction of sp³-hybridized carbons (Fsp3) is 0.333. The van der Waals surface area contributed by atoms with Gasteiger partial charge in [-0.2, -0.15) is 9.57 Å². The van der Waals surface area contributed by atoms with E-state index in [9.17, 15) is 13.2 Å². The highest BCUT2D eigenvalue weighted by Crippen LogP contribution is 2.27. The van der Waals surface area contributed by atoms with Crippen molar-refractivity contribution in [2.24, 2.45) is 11.8 Å². The fourth-order valence-corrected chi connectivity index (χ4v) is 5.34. The van der Waals surface area contributed by atoms with E-state index in [0.29, 0.717) is 36.2 Å². The molecule has 2 aromatic carbocycles. The van der Waals surface area contributed by atoms with Gasteiger partial charge in [-0.1, -0.05) is 26.0 Å². The molecule has 28 heavy (non-hydrogen) atoms. The van der Waals surface area contributed by atoms with Crippen LogP contribution in [0.15, 0.2) is 53.4 Å². The number of rotatable bonds is 4. The molecule has 1 amide bonds. The molecule has 0 unspecified atom stereocenters. The quantitative estimate of drug-likeness (QED) is 0.855. The van der Waals surface area contributed by atoms with Gasteiger partial charge in [0.15, 0.2) is 0 Å². The highest BCUT2D eigenvalue weighted by Gasteiger charge is 2.31. The first-order chi connectivity index (χ1) is 13.3. The second kappa shape index (κ2) is 8.13. The summed E-state index contributed by atoms with van der Waals surface area (Å²) in [5.41, 5.74) is 1.17. The van der Waals surface area contributed by atoms with E-state index in [1.54, 1.807) is 36.4 Å². The maximum absolute atomic E-state index is 13.1. The van der Waals surface area contributed by atoms with E-state index >= 15 is 0 Å². The van der Waals surface area contributed by atoms with Gasteiger partial charge in [0, 0.05) is 24.3 Å². The molecule has 1 fully saturated rings. The monoisotopic (exact) mass is 397 g/mol. The Hall–Kier alpha value is -2.69. The van der Waals surface area contributed by atoms with E-state index < -0.39 is 15.9 Å². The standard InChI is InChI=1S/C21H23N3O3S/c1-15-9-16(2)14-24(13-15)28(26,27)20-8-4-6-18(11-20)21(25)23-19-7-3-5-17(10-19)12-22/h3-8,10-11,15-16H,9,13-14H2,1-2H3,(H,23,25)/t15-,16-/m1/s1. The van der Waals surface area contributed by atoms with Crippen LogP contribution in [0.4, 0.5) is 5.69 Å². The van der Waals surface area contributed by atoms with Crippen LogP contribution in [-0.4, -0.2) is 31.7 Å². The van der Waals surface area contributed by atoms with Gasteiger partial charge in [0.1, 0.15) is 0 Å². The number of amides is 1. The van der Waals surface area contributed by atoms with Crippen molar-refractivity contribution >= 4 is 21.6 Å². The number of sulfonamides is 1. The summed E-state index contributed by atoms with van der Waals surface area (Å²) >= 11 is 0. The van der Waals surface area contributed by atoms with E-state index in [4.69, 9.17) is 5.26 Å². The number of nitriles is 1. The van der Waals surface area contributed by atoms with Gasteiger partial charge < -0.3 is 5.32 Å². The fourth-order valence-electron chi connectivity index (χ4n) is 3.62. The number of carbonyl (C=O) groups is 1. The Balaban J connectivity index is 1.83. The molecule has 0 spiro atoms. The average Bonchev–Trinajstić information content (AvgIpc) is 2.67. The molecule has 1 aliphatic heterocycles. The van der Waals surface area contributed by atoms with E-state index in [1.807, 2.05) is 6.07 Å². The maximum atomic E-state index is 13.1.